The summed E-state index contributed by atoms with van der Waals surface area (Å²) in [5, 5.41) is 2.99. The molecule has 0 amide bonds. The number of hydrogen-bond donors (Lipinski definition) is 2. The Morgan fingerprint density at radius 3 is 2.74 bits per heavy atom. The minimum absolute atomic E-state index is 0.199. The maximum absolute atomic E-state index is 12.1. The van der Waals surface area contributed by atoms with Gasteiger partial charge in [-0.15, -0.1) is 0 Å². The Morgan fingerprint density at radius 1 is 1.42 bits per heavy atom. The molecule has 3 N–H and O–H groups in total. The zero-order valence-corrected chi connectivity index (χ0v) is 11.4. The molecule has 0 spiro atoms. The quantitative estimate of drug-likeness (QED) is 0.649. The average Bonchev–Trinajstić information content (AvgIpc) is 2.77. The van der Waals surface area contributed by atoms with Crippen molar-refractivity contribution in [3.8, 4) is 0 Å². The number of aryl methyl sites for hydroxylation is 1. The third kappa shape index (κ3) is 2.24. The highest BCUT2D eigenvalue weighted by molar-refractivity contribution is 7.80. The molecule has 0 radical (unpaired) electrons. The second kappa shape index (κ2) is 4.84. The van der Waals surface area contributed by atoms with E-state index in [-0.39, 0.29) is 10.7 Å². The van der Waals surface area contributed by atoms with E-state index in [9.17, 15) is 9.59 Å². The van der Waals surface area contributed by atoms with Gasteiger partial charge in [-0.1, -0.05) is 0 Å². The molecular formula is C10H14N6O2S. The van der Waals surface area contributed by atoms with Crippen LogP contribution in [0.2, 0.25) is 0 Å². The van der Waals surface area contributed by atoms with Gasteiger partial charge in [0.2, 0.25) is 0 Å². The van der Waals surface area contributed by atoms with Crippen molar-refractivity contribution in [2.24, 2.45) is 19.8 Å². The van der Waals surface area contributed by atoms with Crippen LogP contribution in [0.1, 0.15) is 0 Å². The summed E-state index contributed by atoms with van der Waals surface area (Å²) in [5.41, 5.74) is 5.31. The van der Waals surface area contributed by atoms with Gasteiger partial charge in [0.1, 0.15) is 0 Å². The van der Waals surface area contributed by atoms with Crippen molar-refractivity contribution >= 4 is 28.5 Å². The van der Waals surface area contributed by atoms with Crippen molar-refractivity contribution < 1.29 is 0 Å². The van der Waals surface area contributed by atoms with Crippen molar-refractivity contribution in [2.45, 2.75) is 6.54 Å². The smallest absolute Gasteiger partial charge is 0.332 e. The number of nitrogens with two attached hydrogens (primary N) is 1. The summed E-state index contributed by atoms with van der Waals surface area (Å²) in [5.74, 6) is 0. The topological polar surface area (TPSA) is 99.9 Å². The average molecular weight is 282 g/mol. The molecular weight excluding hydrogens is 268 g/mol. The van der Waals surface area contributed by atoms with Crippen LogP contribution in [0.3, 0.4) is 0 Å². The lowest BCUT2D eigenvalue weighted by atomic mass is 10.5. The number of fused-ring (bicyclic) bond motifs is 1. The van der Waals surface area contributed by atoms with Crippen LogP contribution in [0, 0.1) is 0 Å². The molecule has 0 unspecified atom stereocenters. The number of nitrogens with one attached hydrogen (secondary N) is 1. The molecule has 2 heterocycles. The third-order valence-corrected chi connectivity index (χ3v) is 3.01. The van der Waals surface area contributed by atoms with Gasteiger partial charge in [0.05, 0.1) is 6.33 Å². The van der Waals surface area contributed by atoms with E-state index in [0.29, 0.717) is 24.3 Å². The number of imidazole rings is 1. The van der Waals surface area contributed by atoms with E-state index >= 15 is 0 Å². The van der Waals surface area contributed by atoms with E-state index in [2.05, 4.69) is 10.3 Å². The van der Waals surface area contributed by atoms with Crippen LogP contribution >= 0.6 is 12.2 Å². The second-order valence-electron chi connectivity index (χ2n) is 4.11. The Morgan fingerprint density at radius 2 is 2.11 bits per heavy atom. The molecule has 2 aromatic heterocycles. The van der Waals surface area contributed by atoms with Gasteiger partial charge in [0.15, 0.2) is 16.3 Å². The lowest BCUT2D eigenvalue weighted by Gasteiger charge is -2.07. The van der Waals surface area contributed by atoms with Gasteiger partial charge in [-0.3, -0.25) is 13.9 Å². The molecule has 102 valence electrons. The van der Waals surface area contributed by atoms with Crippen LogP contribution < -0.4 is 22.3 Å². The summed E-state index contributed by atoms with van der Waals surface area (Å²) >= 11 is 4.70. The van der Waals surface area contributed by atoms with Crippen LogP contribution in [0.15, 0.2) is 15.9 Å². The van der Waals surface area contributed by atoms with Gasteiger partial charge in [0.25, 0.3) is 5.56 Å². The van der Waals surface area contributed by atoms with E-state index in [4.69, 9.17) is 18.0 Å². The van der Waals surface area contributed by atoms with Crippen LogP contribution in [-0.2, 0) is 20.6 Å². The fourth-order valence-electron chi connectivity index (χ4n) is 1.87. The van der Waals surface area contributed by atoms with Crippen molar-refractivity contribution in [1.82, 2.24) is 24.0 Å². The van der Waals surface area contributed by atoms with Crippen molar-refractivity contribution in [1.29, 1.82) is 0 Å². The van der Waals surface area contributed by atoms with E-state index in [1.54, 1.807) is 11.6 Å². The maximum atomic E-state index is 12.1. The largest absolute Gasteiger partial charge is 0.376 e. The lowest BCUT2D eigenvalue weighted by Crippen LogP contribution is -2.38. The first-order chi connectivity index (χ1) is 8.93. The molecule has 19 heavy (non-hydrogen) atoms. The summed E-state index contributed by atoms with van der Waals surface area (Å²) in [4.78, 5) is 27.9. The molecule has 0 saturated carbocycles. The lowest BCUT2D eigenvalue weighted by molar-refractivity contribution is 0.673. The SMILES string of the molecule is Cn1c(=O)c2c(ncn2CCNC(N)=S)n(C)c1=O. The summed E-state index contributed by atoms with van der Waals surface area (Å²) in [6.07, 6.45) is 1.52. The molecule has 0 aromatic carbocycles. The molecule has 0 aliphatic heterocycles. The Balaban J connectivity index is 2.51. The van der Waals surface area contributed by atoms with E-state index in [0.717, 1.165) is 4.57 Å². The zero-order chi connectivity index (χ0) is 14.2. The molecule has 0 bridgehead atoms. The monoisotopic (exact) mass is 282 g/mol. The highest BCUT2D eigenvalue weighted by Crippen LogP contribution is 2.04. The molecule has 0 fully saturated rings. The number of rotatable bonds is 3. The number of thiocarbonyl (C=S) groups is 1. The van der Waals surface area contributed by atoms with Crippen LogP contribution in [0.4, 0.5) is 0 Å². The van der Waals surface area contributed by atoms with Crippen LogP contribution in [0.25, 0.3) is 11.2 Å². The summed E-state index contributed by atoms with van der Waals surface area (Å²) in [6.45, 7) is 0.952. The molecule has 9 heteroatoms. The van der Waals surface area contributed by atoms with E-state index in [1.165, 1.54) is 17.9 Å². The van der Waals surface area contributed by atoms with Crippen molar-refractivity contribution in [2.75, 3.05) is 6.54 Å². The molecule has 2 rings (SSSR count). The minimum atomic E-state index is -0.399. The standard InChI is InChI=1S/C10H14N6O2S/c1-14-7-6(8(17)15(2)10(14)18)16(5-13-7)4-3-12-9(11)19/h5H,3-4H2,1-2H3,(H3,11,12,19). The maximum Gasteiger partial charge on any atom is 0.332 e. The van der Waals surface area contributed by atoms with Crippen molar-refractivity contribution in [3.05, 3.63) is 27.2 Å². The van der Waals surface area contributed by atoms with Gasteiger partial charge < -0.3 is 15.6 Å². The van der Waals surface area contributed by atoms with Crippen LogP contribution in [0.5, 0.6) is 0 Å². The fourth-order valence-corrected chi connectivity index (χ4v) is 1.97. The predicted molar refractivity (Wildman–Crippen MR) is 75.0 cm³/mol. The molecule has 0 aliphatic rings. The predicted octanol–water partition coefficient (Wildman–Crippen LogP) is -1.73. The molecule has 0 atom stereocenters. The first-order valence-corrected chi connectivity index (χ1v) is 5.98. The second-order valence-corrected chi connectivity index (χ2v) is 4.55. The Bertz CT molecular complexity index is 756. The fraction of sp³-hybridized carbons (Fsp3) is 0.400. The third-order valence-electron chi connectivity index (χ3n) is 2.87. The molecule has 0 aliphatic carbocycles. The van der Waals surface area contributed by atoms with Crippen molar-refractivity contribution in [3.63, 3.8) is 0 Å². The van der Waals surface area contributed by atoms with Gasteiger partial charge in [-0.2, -0.15) is 0 Å². The first kappa shape index (κ1) is 13.3. The zero-order valence-electron chi connectivity index (χ0n) is 10.6. The summed E-state index contributed by atoms with van der Waals surface area (Å²) < 4.78 is 4.07. The Kier molecular flexibility index (Phi) is 3.38. The highest BCUT2D eigenvalue weighted by Gasteiger charge is 2.13. The van der Waals surface area contributed by atoms with Gasteiger partial charge in [-0.05, 0) is 12.2 Å². The number of nitrogens with zero attached hydrogens (tertiary/aromatic N) is 4. The van der Waals surface area contributed by atoms with Crippen LogP contribution in [-0.4, -0.2) is 30.3 Å². The van der Waals surface area contributed by atoms with Gasteiger partial charge >= 0.3 is 5.69 Å². The van der Waals surface area contributed by atoms with Gasteiger partial charge in [-0.25, -0.2) is 9.78 Å². The Hall–Kier alpha value is -2.16. The molecule has 8 nitrogen and oxygen atoms in total. The number of hydrogen-bond acceptors (Lipinski definition) is 4. The normalized spacial score (nSPS) is 10.8. The highest BCUT2D eigenvalue weighted by atomic mass is 32.1. The number of aromatic nitrogens is 4. The van der Waals surface area contributed by atoms with E-state index < -0.39 is 5.69 Å². The first-order valence-electron chi connectivity index (χ1n) is 5.57. The molecule has 2 aromatic rings. The Labute approximate surface area is 113 Å². The minimum Gasteiger partial charge on any atom is -0.376 e. The van der Waals surface area contributed by atoms with E-state index in [1.807, 2.05) is 0 Å². The summed E-state index contributed by atoms with van der Waals surface area (Å²) in [6, 6.07) is 0. The van der Waals surface area contributed by atoms with Gasteiger partial charge in [0, 0.05) is 27.2 Å². The molecule has 0 saturated heterocycles. The summed E-state index contributed by atoms with van der Waals surface area (Å²) in [7, 11) is 3.02.